The summed E-state index contributed by atoms with van der Waals surface area (Å²) in [6.07, 6.45) is 0.353. The van der Waals surface area contributed by atoms with Crippen molar-refractivity contribution in [2.45, 2.75) is 58.4 Å². The third-order valence-corrected chi connectivity index (χ3v) is 7.99. The summed E-state index contributed by atoms with van der Waals surface area (Å²) in [5.41, 5.74) is -0.651. The number of benzene rings is 1. The average Bonchev–Trinajstić information content (AvgIpc) is 3.58. The smallest absolute Gasteiger partial charge is 0.410 e. The van der Waals surface area contributed by atoms with E-state index in [-0.39, 0.29) is 19.0 Å². The van der Waals surface area contributed by atoms with Gasteiger partial charge >= 0.3 is 11.8 Å². The maximum atomic E-state index is 14.0. The molecule has 0 bridgehead atoms. The molecule has 0 aliphatic carbocycles. The summed E-state index contributed by atoms with van der Waals surface area (Å²) in [6.45, 7) is 6.11. The quantitative estimate of drug-likeness (QED) is 0.306. The number of amides is 1. The number of piperidine rings is 1. The van der Waals surface area contributed by atoms with Crippen LogP contribution in [0.4, 0.5) is 9.18 Å². The number of ether oxygens (including phenoxy) is 3. The molecule has 0 unspecified atom stereocenters. The van der Waals surface area contributed by atoms with Gasteiger partial charge in [-0.2, -0.15) is 4.98 Å². The summed E-state index contributed by atoms with van der Waals surface area (Å²) in [5.74, 6) is 0.326. The van der Waals surface area contributed by atoms with Gasteiger partial charge in [0.15, 0.2) is 5.82 Å². The van der Waals surface area contributed by atoms with E-state index in [4.69, 9.17) is 18.7 Å². The Hall–Kier alpha value is -4.04. The molecule has 5 rings (SSSR count). The van der Waals surface area contributed by atoms with Crippen molar-refractivity contribution in [2.24, 2.45) is 0 Å². The fourth-order valence-corrected chi connectivity index (χ4v) is 6.08. The minimum atomic E-state index is -0.633. The third-order valence-electron chi connectivity index (χ3n) is 6.84. The molecule has 0 radical (unpaired) electrons. The van der Waals surface area contributed by atoms with Crippen LogP contribution in [-0.4, -0.2) is 63.2 Å². The van der Waals surface area contributed by atoms with Gasteiger partial charge < -0.3 is 23.6 Å². The molecule has 224 valence electrons. The Bertz CT molecular complexity index is 1730. The normalized spacial score (nSPS) is 14.5. The molecule has 1 aliphatic rings. The predicted octanol–water partition coefficient (Wildman–Crippen LogP) is 4.19. The zero-order chi connectivity index (χ0) is 30.2. The molecule has 1 saturated heterocycles. The van der Waals surface area contributed by atoms with Crippen molar-refractivity contribution >= 4 is 27.6 Å². The van der Waals surface area contributed by atoms with Crippen molar-refractivity contribution in [3.63, 3.8) is 0 Å². The molecule has 0 spiro atoms. The number of likely N-dealkylation sites (tertiary alicyclic amines) is 1. The van der Waals surface area contributed by atoms with E-state index >= 15 is 0 Å². The number of thiophene rings is 1. The first-order chi connectivity index (χ1) is 20.0. The van der Waals surface area contributed by atoms with E-state index < -0.39 is 34.8 Å². The summed E-state index contributed by atoms with van der Waals surface area (Å²) in [7, 11) is 2.94. The van der Waals surface area contributed by atoms with Gasteiger partial charge in [-0.1, -0.05) is 5.16 Å². The second kappa shape index (κ2) is 11.7. The Labute approximate surface area is 244 Å². The number of aromatic nitrogens is 4. The molecular formula is C28H32FN5O7S. The number of carbonyl (C=O) groups is 1. The summed E-state index contributed by atoms with van der Waals surface area (Å²) < 4.78 is 38.2. The van der Waals surface area contributed by atoms with Crippen LogP contribution in [0.2, 0.25) is 0 Å². The number of methoxy groups -OCH3 is 2. The Kier molecular flexibility index (Phi) is 8.19. The minimum Gasteiger partial charge on any atom is -0.496 e. The van der Waals surface area contributed by atoms with Crippen molar-refractivity contribution < 1.29 is 27.9 Å². The van der Waals surface area contributed by atoms with Crippen LogP contribution >= 0.6 is 11.3 Å². The highest BCUT2D eigenvalue weighted by atomic mass is 32.1. The highest BCUT2D eigenvalue weighted by Crippen LogP contribution is 2.37. The fraction of sp³-hybridized carbons (Fsp3) is 0.464. The molecular weight excluding hydrogens is 569 g/mol. The maximum absolute atomic E-state index is 14.0. The number of rotatable bonds is 7. The highest BCUT2D eigenvalue weighted by molar-refractivity contribution is 7.22. The van der Waals surface area contributed by atoms with E-state index in [2.05, 4.69) is 10.1 Å². The van der Waals surface area contributed by atoms with Crippen LogP contribution in [0.15, 0.2) is 38.4 Å². The highest BCUT2D eigenvalue weighted by Gasteiger charge is 2.30. The number of nitrogens with zero attached hydrogens (tertiary/aromatic N) is 5. The van der Waals surface area contributed by atoms with E-state index in [0.717, 1.165) is 0 Å². The molecule has 14 heteroatoms. The zero-order valence-corrected chi connectivity index (χ0v) is 24.8. The molecule has 4 aromatic rings. The first-order valence-electron chi connectivity index (χ1n) is 13.4. The van der Waals surface area contributed by atoms with Crippen molar-refractivity contribution in [2.75, 3.05) is 27.3 Å². The minimum absolute atomic E-state index is 0.0835. The Balaban J connectivity index is 1.58. The first-order valence-corrected chi connectivity index (χ1v) is 14.2. The molecule has 42 heavy (non-hydrogen) atoms. The molecule has 12 nitrogen and oxygen atoms in total. The molecule has 4 heterocycles. The maximum Gasteiger partial charge on any atom is 0.410 e. The lowest BCUT2D eigenvalue weighted by molar-refractivity contribution is 0.0186. The van der Waals surface area contributed by atoms with Gasteiger partial charge in [-0.3, -0.25) is 13.9 Å². The van der Waals surface area contributed by atoms with Gasteiger partial charge in [0.1, 0.15) is 35.0 Å². The van der Waals surface area contributed by atoms with E-state index in [1.165, 1.54) is 46.8 Å². The van der Waals surface area contributed by atoms with Crippen LogP contribution in [-0.2, 0) is 22.6 Å². The standard InChI is InChI=1S/C28H32FN5O7S/c1-28(2,3)40-27(37)32-10-8-17(9-11-32)34-25(35)24-19(13-21(42-24)18-7-6-16(29)12-20(18)39-5)33(26(34)36)14-23-30-22(15-38-4)31-41-23/h6-7,12-13,17H,8-11,14-15H2,1-5H3. The fourth-order valence-electron chi connectivity index (χ4n) is 4.95. The van der Waals surface area contributed by atoms with Crippen molar-refractivity contribution in [3.8, 4) is 16.2 Å². The SMILES string of the molecule is COCc1noc(Cn2c(=O)n(C3CCN(C(=O)OC(C)(C)C)CC3)c(=O)c3sc(-c4ccc(F)cc4OC)cc32)n1. The first kappa shape index (κ1) is 29.5. The molecule has 1 aliphatic heterocycles. The third kappa shape index (κ3) is 5.95. The van der Waals surface area contributed by atoms with Crippen molar-refractivity contribution in [1.29, 1.82) is 0 Å². The van der Waals surface area contributed by atoms with Crippen molar-refractivity contribution in [3.05, 3.63) is 62.6 Å². The predicted molar refractivity (Wildman–Crippen MR) is 152 cm³/mol. The molecule has 0 atom stereocenters. The summed E-state index contributed by atoms with van der Waals surface area (Å²) >= 11 is 1.18. The van der Waals surface area contributed by atoms with E-state index in [0.29, 0.717) is 58.2 Å². The topological polar surface area (TPSA) is 131 Å². The van der Waals surface area contributed by atoms with Crippen LogP contribution in [0.3, 0.4) is 0 Å². The lowest BCUT2D eigenvalue weighted by Gasteiger charge is -2.33. The Morgan fingerprint density at radius 1 is 1.17 bits per heavy atom. The zero-order valence-electron chi connectivity index (χ0n) is 24.0. The van der Waals surface area contributed by atoms with E-state index in [1.807, 2.05) is 0 Å². The second-order valence-corrected chi connectivity index (χ2v) is 12.0. The van der Waals surface area contributed by atoms with E-state index in [9.17, 15) is 18.8 Å². The summed E-state index contributed by atoms with van der Waals surface area (Å²) in [6, 6.07) is 5.40. The van der Waals surface area contributed by atoms with Crippen LogP contribution < -0.4 is 16.0 Å². The lowest BCUT2D eigenvalue weighted by Crippen LogP contribution is -2.47. The number of hydrogen-bond acceptors (Lipinski definition) is 10. The number of halogens is 1. The average molecular weight is 602 g/mol. The largest absolute Gasteiger partial charge is 0.496 e. The van der Waals surface area contributed by atoms with Crippen LogP contribution in [0.5, 0.6) is 5.75 Å². The van der Waals surface area contributed by atoms with Gasteiger partial charge in [0.05, 0.1) is 12.6 Å². The van der Waals surface area contributed by atoms with E-state index in [1.54, 1.807) is 37.8 Å². The molecule has 3 aromatic heterocycles. The van der Waals surface area contributed by atoms with Crippen LogP contribution in [0.25, 0.3) is 20.7 Å². The summed E-state index contributed by atoms with van der Waals surface area (Å²) in [5, 5.41) is 3.88. The van der Waals surface area contributed by atoms with Crippen LogP contribution in [0, 0.1) is 5.82 Å². The number of carbonyl (C=O) groups excluding carboxylic acids is 1. The molecule has 1 fully saturated rings. The molecule has 0 N–H and O–H groups in total. The lowest BCUT2D eigenvalue weighted by atomic mass is 10.1. The van der Waals surface area contributed by atoms with Gasteiger partial charge in [0.2, 0.25) is 5.89 Å². The number of fused-ring (bicyclic) bond motifs is 1. The van der Waals surface area contributed by atoms with Gasteiger partial charge in [-0.15, -0.1) is 11.3 Å². The van der Waals surface area contributed by atoms with Crippen LogP contribution in [0.1, 0.15) is 51.4 Å². The van der Waals surface area contributed by atoms with Gasteiger partial charge in [-0.25, -0.2) is 14.0 Å². The van der Waals surface area contributed by atoms with Gasteiger partial charge in [0.25, 0.3) is 5.56 Å². The number of hydrogen-bond donors (Lipinski definition) is 0. The van der Waals surface area contributed by atoms with Crippen molar-refractivity contribution in [1.82, 2.24) is 24.2 Å². The van der Waals surface area contributed by atoms with Gasteiger partial charge in [0, 0.05) is 42.7 Å². The molecule has 1 aromatic carbocycles. The molecule has 0 saturated carbocycles. The molecule has 1 amide bonds. The summed E-state index contributed by atoms with van der Waals surface area (Å²) in [4.78, 5) is 47.0. The Morgan fingerprint density at radius 2 is 1.90 bits per heavy atom. The Morgan fingerprint density at radius 3 is 2.57 bits per heavy atom. The van der Waals surface area contributed by atoms with Gasteiger partial charge in [-0.05, 0) is 51.8 Å². The second-order valence-electron chi connectivity index (χ2n) is 10.9. The monoisotopic (exact) mass is 601 g/mol.